The third kappa shape index (κ3) is 4.60. The summed E-state index contributed by atoms with van der Waals surface area (Å²) >= 11 is 1.74. The summed E-state index contributed by atoms with van der Waals surface area (Å²) in [5.41, 5.74) is 5.18. The topological polar surface area (TPSA) is 57.3 Å². The van der Waals surface area contributed by atoms with Gasteiger partial charge < -0.3 is 15.5 Å². The molecule has 0 bridgehead atoms. The molecule has 0 spiro atoms. The Bertz CT molecular complexity index is 1210. The summed E-state index contributed by atoms with van der Waals surface area (Å²) in [7, 11) is 0. The molecule has 3 aromatic carbocycles. The highest BCUT2D eigenvalue weighted by Gasteiger charge is 2.26. The van der Waals surface area contributed by atoms with Gasteiger partial charge >= 0.3 is 0 Å². The average Bonchev–Trinajstić information content (AvgIpc) is 3.24. The standard InChI is InChI=1S/C26H26N4OS/c1-18-7-12-23-24(17-18)32-26(29-23)30-15-13-19(14-16-30)25(31)28-22-10-8-21(9-11-22)27-20-5-3-2-4-6-20/h2-12,17,19,27H,13-16H2,1H3,(H,28,31). The maximum atomic E-state index is 12.8. The molecule has 6 heteroatoms. The molecule has 5 nitrogen and oxygen atoms in total. The lowest BCUT2D eigenvalue weighted by Crippen LogP contribution is -2.38. The lowest BCUT2D eigenvalue weighted by Gasteiger charge is -2.31. The highest BCUT2D eigenvalue weighted by atomic mass is 32.1. The molecular weight excluding hydrogens is 416 g/mol. The first-order chi connectivity index (χ1) is 15.6. The van der Waals surface area contributed by atoms with Crippen LogP contribution in [-0.2, 0) is 4.79 Å². The zero-order chi connectivity index (χ0) is 21.9. The van der Waals surface area contributed by atoms with Crippen molar-refractivity contribution in [3.05, 3.63) is 78.4 Å². The van der Waals surface area contributed by atoms with Crippen LogP contribution in [0.3, 0.4) is 0 Å². The first-order valence-corrected chi connectivity index (χ1v) is 11.8. The van der Waals surface area contributed by atoms with Crippen molar-refractivity contribution in [2.24, 2.45) is 5.92 Å². The lowest BCUT2D eigenvalue weighted by atomic mass is 9.96. The molecule has 1 fully saturated rings. The molecule has 0 radical (unpaired) electrons. The molecule has 0 aliphatic carbocycles. The number of hydrogen-bond donors (Lipinski definition) is 2. The van der Waals surface area contributed by atoms with Gasteiger partial charge in [0.25, 0.3) is 0 Å². The van der Waals surface area contributed by atoms with Crippen LogP contribution in [0.15, 0.2) is 72.8 Å². The second kappa shape index (κ2) is 9.01. The number of fused-ring (bicyclic) bond motifs is 1. The maximum absolute atomic E-state index is 12.8. The Hall–Kier alpha value is -3.38. The van der Waals surface area contributed by atoms with Crippen molar-refractivity contribution >= 4 is 49.7 Å². The van der Waals surface area contributed by atoms with Crippen molar-refractivity contribution in [3.63, 3.8) is 0 Å². The summed E-state index contributed by atoms with van der Waals surface area (Å²) in [6, 6.07) is 24.3. The number of thiazole rings is 1. The number of carbonyl (C=O) groups excluding carboxylic acids is 1. The molecule has 0 unspecified atom stereocenters. The highest BCUT2D eigenvalue weighted by Crippen LogP contribution is 2.32. The minimum absolute atomic E-state index is 0.0324. The van der Waals surface area contributed by atoms with Gasteiger partial charge in [-0.05, 0) is 73.9 Å². The Balaban J connectivity index is 1.15. The summed E-state index contributed by atoms with van der Waals surface area (Å²) in [6.07, 6.45) is 1.68. The summed E-state index contributed by atoms with van der Waals surface area (Å²) in [4.78, 5) is 19.9. The van der Waals surface area contributed by atoms with E-state index >= 15 is 0 Å². The van der Waals surface area contributed by atoms with E-state index in [1.165, 1.54) is 10.3 Å². The first kappa shape index (κ1) is 20.5. The molecule has 32 heavy (non-hydrogen) atoms. The number of carbonyl (C=O) groups is 1. The van der Waals surface area contributed by atoms with Crippen LogP contribution in [0.5, 0.6) is 0 Å². The Labute approximate surface area is 192 Å². The predicted molar refractivity (Wildman–Crippen MR) is 134 cm³/mol. The van der Waals surface area contributed by atoms with Crippen LogP contribution in [0.25, 0.3) is 10.2 Å². The number of nitrogens with zero attached hydrogens (tertiary/aromatic N) is 2. The summed E-state index contributed by atoms with van der Waals surface area (Å²) in [6.45, 7) is 3.82. The summed E-state index contributed by atoms with van der Waals surface area (Å²) < 4.78 is 1.23. The number of piperidine rings is 1. The normalized spacial score (nSPS) is 14.5. The first-order valence-electron chi connectivity index (χ1n) is 11.0. The Kier molecular flexibility index (Phi) is 5.77. The largest absolute Gasteiger partial charge is 0.356 e. The third-order valence-corrected chi connectivity index (χ3v) is 6.96. The van der Waals surface area contributed by atoms with Gasteiger partial charge in [-0.15, -0.1) is 0 Å². The molecule has 0 atom stereocenters. The van der Waals surface area contributed by atoms with Gasteiger partial charge in [-0.25, -0.2) is 4.98 Å². The fraction of sp³-hybridized carbons (Fsp3) is 0.231. The second-order valence-corrected chi connectivity index (χ2v) is 9.30. The minimum atomic E-state index is 0.0324. The summed E-state index contributed by atoms with van der Waals surface area (Å²) in [5, 5.41) is 7.51. The number of benzene rings is 3. The molecule has 1 amide bonds. The number of rotatable bonds is 5. The van der Waals surface area contributed by atoms with E-state index in [2.05, 4.69) is 40.7 Å². The number of anilines is 4. The number of para-hydroxylation sites is 1. The number of hydrogen-bond acceptors (Lipinski definition) is 5. The van der Waals surface area contributed by atoms with E-state index in [0.717, 1.165) is 53.6 Å². The Morgan fingerprint density at radius 3 is 2.38 bits per heavy atom. The van der Waals surface area contributed by atoms with E-state index in [-0.39, 0.29) is 11.8 Å². The molecule has 4 aromatic rings. The van der Waals surface area contributed by atoms with Gasteiger partial charge in [0.05, 0.1) is 10.2 Å². The molecule has 2 heterocycles. The van der Waals surface area contributed by atoms with E-state index in [4.69, 9.17) is 4.98 Å². The molecule has 1 saturated heterocycles. The number of aromatic nitrogens is 1. The predicted octanol–water partition coefficient (Wildman–Crippen LogP) is 6.20. The van der Waals surface area contributed by atoms with Crippen molar-refractivity contribution in [2.75, 3.05) is 28.6 Å². The monoisotopic (exact) mass is 442 g/mol. The SMILES string of the molecule is Cc1ccc2nc(N3CCC(C(=O)Nc4ccc(Nc5ccccc5)cc4)CC3)sc2c1. The van der Waals surface area contributed by atoms with Crippen molar-refractivity contribution in [1.82, 2.24) is 4.98 Å². The van der Waals surface area contributed by atoms with Crippen LogP contribution in [0, 0.1) is 12.8 Å². The molecule has 5 rings (SSSR count). The second-order valence-electron chi connectivity index (χ2n) is 8.29. The van der Waals surface area contributed by atoms with Gasteiger partial charge in [0.2, 0.25) is 5.91 Å². The average molecular weight is 443 g/mol. The third-order valence-electron chi connectivity index (χ3n) is 5.88. The quantitative estimate of drug-likeness (QED) is 0.386. The molecule has 0 saturated carbocycles. The van der Waals surface area contributed by atoms with Crippen LogP contribution in [0.2, 0.25) is 0 Å². The zero-order valence-corrected chi connectivity index (χ0v) is 18.9. The van der Waals surface area contributed by atoms with Crippen LogP contribution < -0.4 is 15.5 Å². The van der Waals surface area contributed by atoms with Crippen LogP contribution in [0.4, 0.5) is 22.2 Å². The van der Waals surface area contributed by atoms with Crippen molar-refractivity contribution < 1.29 is 4.79 Å². The highest BCUT2D eigenvalue weighted by molar-refractivity contribution is 7.22. The molecule has 1 aliphatic heterocycles. The van der Waals surface area contributed by atoms with E-state index in [1.807, 2.05) is 54.6 Å². The molecular formula is C26H26N4OS. The van der Waals surface area contributed by atoms with Gasteiger partial charge in [0.1, 0.15) is 0 Å². The maximum Gasteiger partial charge on any atom is 0.227 e. The van der Waals surface area contributed by atoms with Crippen LogP contribution >= 0.6 is 11.3 Å². The minimum Gasteiger partial charge on any atom is -0.356 e. The van der Waals surface area contributed by atoms with Gasteiger partial charge in [-0.2, -0.15) is 0 Å². The van der Waals surface area contributed by atoms with Crippen molar-refractivity contribution in [3.8, 4) is 0 Å². The summed E-state index contributed by atoms with van der Waals surface area (Å²) in [5.74, 6) is 0.137. The number of aryl methyl sites for hydroxylation is 1. The molecule has 1 aromatic heterocycles. The Morgan fingerprint density at radius 1 is 0.938 bits per heavy atom. The van der Waals surface area contributed by atoms with E-state index in [0.29, 0.717) is 0 Å². The lowest BCUT2D eigenvalue weighted by molar-refractivity contribution is -0.120. The molecule has 1 aliphatic rings. The van der Waals surface area contributed by atoms with Crippen molar-refractivity contribution in [2.45, 2.75) is 19.8 Å². The van der Waals surface area contributed by atoms with Crippen LogP contribution in [-0.4, -0.2) is 24.0 Å². The van der Waals surface area contributed by atoms with Gasteiger partial charge in [0.15, 0.2) is 5.13 Å². The fourth-order valence-electron chi connectivity index (χ4n) is 4.06. The van der Waals surface area contributed by atoms with Gasteiger partial charge in [0, 0.05) is 36.1 Å². The van der Waals surface area contributed by atoms with Crippen molar-refractivity contribution in [1.29, 1.82) is 0 Å². The fourth-order valence-corrected chi connectivity index (χ4v) is 5.17. The number of amides is 1. The van der Waals surface area contributed by atoms with Crippen LogP contribution in [0.1, 0.15) is 18.4 Å². The van der Waals surface area contributed by atoms with Gasteiger partial charge in [-0.3, -0.25) is 4.79 Å². The van der Waals surface area contributed by atoms with E-state index in [9.17, 15) is 4.79 Å². The molecule has 162 valence electrons. The number of nitrogens with one attached hydrogen (secondary N) is 2. The zero-order valence-electron chi connectivity index (χ0n) is 18.0. The van der Waals surface area contributed by atoms with E-state index < -0.39 is 0 Å². The molecule has 2 N–H and O–H groups in total. The Morgan fingerprint density at radius 2 is 1.62 bits per heavy atom. The van der Waals surface area contributed by atoms with Gasteiger partial charge in [-0.1, -0.05) is 35.6 Å². The smallest absolute Gasteiger partial charge is 0.227 e. The van der Waals surface area contributed by atoms with E-state index in [1.54, 1.807) is 11.3 Å².